The second kappa shape index (κ2) is 5.67. The molecule has 0 fully saturated rings. The molecule has 0 unspecified atom stereocenters. The molecule has 6 nitrogen and oxygen atoms in total. The van der Waals surface area contributed by atoms with Crippen LogP contribution < -0.4 is 15.8 Å². The summed E-state index contributed by atoms with van der Waals surface area (Å²) in [5.41, 5.74) is 4.86. The number of carbonyl (C=O) groups is 1. The minimum atomic E-state index is -4.19. The topological polar surface area (TPSA) is 101 Å². The number of hydrogen-bond acceptors (Lipinski definition) is 4. The van der Waals surface area contributed by atoms with Gasteiger partial charge in [0.25, 0.3) is 10.0 Å². The van der Waals surface area contributed by atoms with Gasteiger partial charge in [0, 0.05) is 10.6 Å². The Morgan fingerprint density at radius 2 is 1.80 bits per heavy atom. The van der Waals surface area contributed by atoms with Crippen LogP contribution in [0.15, 0.2) is 17.0 Å². The van der Waals surface area contributed by atoms with E-state index in [1.807, 2.05) is 4.72 Å². The van der Waals surface area contributed by atoms with Crippen LogP contribution in [0.3, 0.4) is 0 Å². The van der Waals surface area contributed by atoms with E-state index in [1.54, 1.807) is 20.8 Å². The number of halogens is 2. The Kier molecular flexibility index (Phi) is 4.78. The number of rotatable bonds is 2. The van der Waals surface area contributed by atoms with Gasteiger partial charge in [0.15, 0.2) is 0 Å². The fourth-order valence-corrected chi connectivity index (χ4v) is 3.30. The highest BCUT2D eigenvalue weighted by Gasteiger charge is 2.25. The molecule has 1 aromatic rings. The van der Waals surface area contributed by atoms with Gasteiger partial charge in [-0.25, -0.2) is 17.9 Å². The van der Waals surface area contributed by atoms with E-state index in [-0.39, 0.29) is 20.6 Å². The third-order valence-corrected chi connectivity index (χ3v) is 4.10. The van der Waals surface area contributed by atoms with E-state index in [2.05, 4.69) is 5.32 Å². The van der Waals surface area contributed by atoms with E-state index in [0.717, 1.165) is 0 Å². The van der Waals surface area contributed by atoms with Crippen LogP contribution in [0.1, 0.15) is 20.8 Å². The van der Waals surface area contributed by atoms with Crippen molar-refractivity contribution >= 4 is 44.9 Å². The lowest BCUT2D eigenvalue weighted by atomic mass is 10.1. The predicted octanol–water partition coefficient (Wildman–Crippen LogP) is 2.36. The lowest BCUT2D eigenvalue weighted by Crippen LogP contribution is -2.48. The zero-order valence-corrected chi connectivity index (χ0v) is 13.4. The van der Waals surface area contributed by atoms with E-state index in [4.69, 9.17) is 28.9 Å². The number of hydrogen-bond donors (Lipinski definition) is 3. The molecule has 0 saturated carbocycles. The van der Waals surface area contributed by atoms with Gasteiger partial charge in [0.05, 0.1) is 10.7 Å². The minimum Gasteiger partial charge on any atom is -0.398 e. The molecular formula is C11H15Cl2N3O3S. The maximum atomic E-state index is 12.1. The molecular weight excluding hydrogens is 325 g/mol. The summed E-state index contributed by atoms with van der Waals surface area (Å²) in [5, 5.41) is 2.49. The van der Waals surface area contributed by atoms with Crippen LogP contribution in [-0.4, -0.2) is 20.0 Å². The number of nitrogens with one attached hydrogen (secondary N) is 2. The van der Waals surface area contributed by atoms with Gasteiger partial charge in [0.1, 0.15) is 4.90 Å². The second-order valence-electron chi connectivity index (χ2n) is 5.12. The normalized spacial score (nSPS) is 12.1. The van der Waals surface area contributed by atoms with Crippen LogP contribution in [0.5, 0.6) is 0 Å². The van der Waals surface area contributed by atoms with Gasteiger partial charge in [-0.1, -0.05) is 23.2 Å². The molecule has 0 radical (unpaired) electrons. The van der Waals surface area contributed by atoms with Gasteiger partial charge in [0.2, 0.25) is 0 Å². The molecule has 0 aliphatic carbocycles. The first kappa shape index (κ1) is 16.9. The first-order valence-corrected chi connectivity index (χ1v) is 7.76. The summed E-state index contributed by atoms with van der Waals surface area (Å²) in [6, 6.07) is 1.60. The third kappa shape index (κ3) is 4.43. The summed E-state index contributed by atoms with van der Waals surface area (Å²) in [7, 11) is -4.19. The molecule has 0 aromatic heterocycles. The SMILES string of the molecule is CC(C)(C)NC(=O)NS(=O)(=O)c1c(N)cc(Cl)cc1Cl. The van der Waals surface area contributed by atoms with E-state index in [9.17, 15) is 13.2 Å². The number of nitrogen functional groups attached to an aromatic ring is 1. The Bertz CT molecular complexity index is 616. The summed E-state index contributed by atoms with van der Waals surface area (Å²) in [4.78, 5) is 11.2. The number of amides is 2. The van der Waals surface area contributed by atoms with Crippen molar-refractivity contribution in [2.75, 3.05) is 5.73 Å². The van der Waals surface area contributed by atoms with Crippen LogP contribution in [0.4, 0.5) is 10.5 Å². The summed E-state index contributed by atoms with van der Waals surface area (Å²) in [5.74, 6) is 0. The third-order valence-electron chi connectivity index (χ3n) is 2.02. The predicted molar refractivity (Wildman–Crippen MR) is 79.5 cm³/mol. The van der Waals surface area contributed by atoms with Crippen molar-refractivity contribution in [2.24, 2.45) is 0 Å². The van der Waals surface area contributed by atoms with Gasteiger partial charge in [-0.15, -0.1) is 0 Å². The van der Waals surface area contributed by atoms with E-state index < -0.39 is 21.6 Å². The van der Waals surface area contributed by atoms with Crippen LogP contribution in [0, 0.1) is 0 Å². The summed E-state index contributed by atoms with van der Waals surface area (Å²) >= 11 is 11.5. The number of benzene rings is 1. The first-order chi connectivity index (χ1) is 8.92. The van der Waals surface area contributed by atoms with Gasteiger partial charge in [-0.3, -0.25) is 0 Å². The summed E-state index contributed by atoms with van der Waals surface area (Å²) < 4.78 is 26.0. The molecule has 9 heteroatoms. The smallest absolute Gasteiger partial charge is 0.329 e. The van der Waals surface area contributed by atoms with Gasteiger partial charge < -0.3 is 11.1 Å². The number of sulfonamides is 1. The van der Waals surface area contributed by atoms with Crippen LogP contribution >= 0.6 is 23.2 Å². The molecule has 0 heterocycles. The average molecular weight is 340 g/mol. The van der Waals surface area contributed by atoms with Crippen LogP contribution in [-0.2, 0) is 10.0 Å². The Hall–Kier alpha value is -1.18. The summed E-state index contributed by atoms with van der Waals surface area (Å²) in [6.07, 6.45) is 0. The average Bonchev–Trinajstić information content (AvgIpc) is 2.08. The molecule has 112 valence electrons. The molecule has 0 spiro atoms. The molecule has 1 aromatic carbocycles. The first-order valence-electron chi connectivity index (χ1n) is 5.52. The van der Waals surface area contributed by atoms with Crippen molar-refractivity contribution in [3.8, 4) is 0 Å². The minimum absolute atomic E-state index is 0.140. The fourth-order valence-electron chi connectivity index (χ4n) is 1.40. The van der Waals surface area contributed by atoms with Crippen molar-refractivity contribution in [3.05, 3.63) is 22.2 Å². The molecule has 0 aliphatic rings. The van der Waals surface area contributed by atoms with E-state index in [1.165, 1.54) is 12.1 Å². The Balaban J connectivity index is 3.10. The highest BCUT2D eigenvalue weighted by Crippen LogP contribution is 2.30. The quantitative estimate of drug-likeness (QED) is 0.719. The lowest BCUT2D eigenvalue weighted by molar-refractivity contribution is 0.237. The van der Waals surface area contributed by atoms with Crippen molar-refractivity contribution in [1.29, 1.82) is 0 Å². The molecule has 0 bridgehead atoms. The summed E-state index contributed by atoms with van der Waals surface area (Å²) in [6.45, 7) is 5.13. The van der Waals surface area contributed by atoms with Gasteiger partial charge in [-0.2, -0.15) is 0 Å². The highest BCUT2D eigenvalue weighted by atomic mass is 35.5. The van der Waals surface area contributed by atoms with Crippen LogP contribution in [0.25, 0.3) is 0 Å². The Morgan fingerprint density at radius 3 is 2.25 bits per heavy atom. The maximum absolute atomic E-state index is 12.1. The Labute approximate surface area is 127 Å². The van der Waals surface area contributed by atoms with Crippen molar-refractivity contribution in [1.82, 2.24) is 10.0 Å². The largest absolute Gasteiger partial charge is 0.398 e. The second-order valence-corrected chi connectivity index (χ2v) is 7.58. The number of urea groups is 1. The monoisotopic (exact) mass is 339 g/mol. The molecule has 0 atom stereocenters. The van der Waals surface area contributed by atoms with Crippen molar-refractivity contribution in [2.45, 2.75) is 31.2 Å². The lowest BCUT2D eigenvalue weighted by Gasteiger charge is -2.21. The van der Waals surface area contributed by atoms with Gasteiger partial charge in [-0.05, 0) is 32.9 Å². The number of nitrogens with two attached hydrogens (primary N) is 1. The number of carbonyl (C=O) groups excluding carboxylic acids is 1. The van der Waals surface area contributed by atoms with Gasteiger partial charge >= 0.3 is 6.03 Å². The zero-order valence-electron chi connectivity index (χ0n) is 11.1. The molecule has 1 rings (SSSR count). The number of anilines is 1. The van der Waals surface area contributed by atoms with E-state index >= 15 is 0 Å². The zero-order chi connectivity index (χ0) is 15.7. The molecule has 4 N–H and O–H groups in total. The fraction of sp³-hybridized carbons (Fsp3) is 0.364. The standard InChI is InChI=1S/C11H15Cl2N3O3S/c1-11(2,3)15-10(17)16-20(18,19)9-7(13)4-6(12)5-8(9)14/h4-5H,14H2,1-3H3,(H2,15,16,17). The Morgan fingerprint density at radius 1 is 1.25 bits per heavy atom. The molecule has 0 saturated heterocycles. The molecule has 20 heavy (non-hydrogen) atoms. The van der Waals surface area contributed by atoms with Crippen LogP contribution in [0.2, 0.25) is 10.0 Å². The highest BCUT2D eigenvalue weighted by molar-refractivity contribution is 7.90. The van der Waals surface area contributed by atoms with E-state index in [0.29, 0.717) is 0 Å². The maximum Gasteiger partial charge on any atom is 0.329 e. The van der Waals surface area contributed by atoms with Crippen molar-refractivity contribution in [3.63, 3.8) is 0 Å². The molecule has 0 aliphatic heterocycles. The molecule has 2 amide bonds. The van der Waals surface area contributed by atoms with Crippen molar-refractivity contribution < 1.29 is 13.2 Å².